The van der Waals surface area contributed by atoms with E-state index in [9.17, 15) is 4.79 Å². The second-order valence-corrected chi connectivity index (χ2v) is 3.29. The van der Waals surface area contributed by atoms with Crippen molar-refractivity contribution in [2.45, 2.75) is 25.8 Å². The van der Waals surface area contributed by atoms with Crippen molar-refractivity contribution in [2.24, 2.45) is 5.73 Å². The lowest BCUT2D eigenvalue weighted by Gasteiger charge is -2.07. The van der Waals surface area contributed by atoms with Crippen molar-refractivity contribution in [3.05, 3.63) is 11.7 Å². The van der Waals surface area contributed by atoms with Crippen molar-refractivity contribution in [1.82, 2.24) is 15.5 Å². The van der Waals surface area contributed by atoms with Crippen molar-refractivity contribution in [3.63, 3.8) is 0 Å². The van der Waals surface area contributed by atoms with Crippen LogP contribution in [-0.2, 0) is 11.2 Å². The molecule has 1 aromatic rings. The molecule has 0 fully saturated rings. The van der Waals surface area contributed by atoms with Crippen LogP contribution in [0, 0.1) is 19.3 Å². The maximum atomic E-state index is 11.3. The number of aryl methyl sites for hydroxylation is 1. The van der Waals surface area contributed by atoms with Crippen LogP contribution in [0.2, 0.25) is 0 Å². The van der Waals surface area contributed by atoms with Gasteiger partial charge < -0.3 is 15.6 Å². The summed E-state index contributed by atoms with van der Waals surface area (Å²) in [6.07, 6.45) is 5.76. The molecule has 16 heavy (non-hydrogen) atoms. The van der Waals surface area contributed by atoms with E-state index in [2.05, 4.69) is 21.4 Å². The number of nitrogens with zero attached hydrogens (tertiary/aromatic N) is 2. The molecule has 0 bridgehead atoms. The summed E-state index contributed by atoms with van der Waals surface area (Å²) in [5, 5.41) is 6.27. The molecular formula is C10H14N4O2. The Balaban J connectivity index is 2.25. The molecule has 6 heteroatoms. The van der Waals surface area contributed by atoms with Gasteiger partial charge in [-0.3, -0.25) is 4.79 Å². The SMILES string of the molecule is C#CCC(N)C(=O)NCCc1nc(C)no1. The molecule has 0 radical (unpaired) electrons. The maximum absolute atomic E-state index is 11.3. The fourth-order valence-corrected chi connectivity index (χ4v) is 1.08. The molecule has 1 aromatic heterocycles. The molecule has 1 rings (SSSR count). The Bertz CT molecular complexity index is 394. The minimum atomic E-state index is -0.658. The highest BCUT2D eigenvalue weighted by molar-refractivity contribution is 5.81. The predicted molar refractivity (Wildman–Crippen MR) is 57.2 cm³/mol. The number of rotatable bonds is 5. The van der Waals surface area contributed by atoms with Crippen LogP contribution in [0.5, 0.6) is 0 Å². The summed E-state index contributed by atoms with van der Waals surface area (Å²) >= 11 is 0. The highest BCUT2D eigenvalue weighted by Crippen LogP contribution is 1.95. The summed E-state index contributed by atoms with van der Waals surface area (Å²) in [6.45, 7) is 2.13. The van der Waals surface area contributed by atoms with Crippen LogP contribution in [0.4, 0.5) is 0 Å². The highest BCUT2D eigenvalue weighted by Gasteiger charge is 2.11. The number of terminal acetylenes is 1. The number of carbonyl (C=O) groups excluding carboxylic acids is 1. The Labute approximate surface area is 93.6 Å². The normalized spacial score (nSPS) is 11.8. The summed E-state index contributed by atoms with van der Waals surface area (Å²) in [5.74, 6) is 3.13. The first-order valence-electron chi connectivity index (χ1n) is 4.89. The summed E-state index contributed by atoms with van der Waals surface area (Å²) < 4.78 is 4.88. The van der Waals surface area contributed by atoms with Gasteiger partial charge >= 0.3 is 0 Å². The van der Waals surface area contributed by atoms with Crippen molar-refractivity contribution in [3.8, 4) is 12.3 Å². The molecule has 1 atom stereocenters. The molecule has 0 aliphatic heterocycles. The Morgan fingerprint density at radius 1 is 1.75 bits per heavy atom. The summed E-state index contributed by atoms with van der Waals surface area (Å²) in [5.41, 5.74) is 5.51. The van der Waals surface area contributed by atoms with Gasteiger partial charge in [0.2, 0.25) is 11.8 Å². The van der Waals surface area contributed by atoms with Crippen LogP contribution in [0.15, 0.2) is 4.52 Å². The van der Waals surface area contributed by atoms with Crippen molar-refractivity contribution < 1.29 is 9.32 Å². The fourth-order valence-electron chi connectivity index (χ4n) is 1.08. The predicted octanol–water partition coefficient (Wildman–Crippen LogP) is -0.613. The summed E-state index contributed by atoms with van der Waals surface area (Å²) in [6, 6.07) is -0.658. The first-order valence-corrected chi connectivity index (χ1v) is 4.89. The van der Waals surface area contributed by atoms with E-state index in [0.29, 0.717) is 24.7 Å². The zero-order valence-electron chi connectivity index (χ0n) is 9.06. The van der Waals surface area contributed by atoms with E-state index in [-0.39, 0.29) is 12.3 Å². The first-order chi connectivity index (χ1) is 7.63. The van der Waals surface area contributed by atoms with Gasteiger partial charge in [-0.25, -0.2) is 0 Å². The Hall–Kier alpha value is -1.87. The van der Waals surface area contributed by atoms with Crippen LogP contribution in [0.3, 0.4) is 0 Å². The first kappa shape index (κ1) is 12.2. The molecular weight excluding hydrogens is 208 g/mol. The minimum absolute atomic E-state index is 0.228. The van der Waals surface area contributed by atoms with Crippen LogP contribution in [-0.4, -0.2) is 28.6 Å². The van der Waals surface area contributed by atoms with E-state index in [4.69, 9.17) is 16.7 Å². The molecule has 6 nitrogen and oxygen atoms in total. The van der Waals surface area contributed by atoms with Crippen LogP contribution in [0.1, 0.15) is 18.1 Å². The Morgan fingerprint density at radius 3 is 3.06 bits per heavy atom. The summed E-state index contributed by atoms with van der Waals surface area (Å²) in [7, 11) is 0. The van der Waals surface area contributed by atoms with Gasteiger partial charge in [-0.2, -0.15) is 4.98 Å². The molecule has 0 aromatic carbocycles. The Morgan fingerprint density at radius 2 is 2.50 bits per heavy atom. The summed E-state index contributed by atoms with van der Waals surface area (Å²) in [4.78, 5) is 15.3. The van der Waals surface area contributed by atoms with Crippen LogP contribution < -0.4 is 11.1 Å². The van der Waals surface area contributed by atoms with Gasteiger partial charge in [0, 0.05) is 19.4 Å². The van der Waals surface area contributed by atoms with E-state index in [0.717, 1.165) is 0 Å². The molecule has 0 spiro atoms. The average Bonchev–Trinajstić information content (AvgIpc) is 2.64. The number of hydrogen-bond donors (Lipinski definition) is 2. The highest BCUT2D eigenvalue weighted by atomic mass is 16.5. The third kappa shape index (κ3) is 3.71. The number of nitrogens with two attached hydrogens (primary N) is 1. The van der Waals surface area contributed by atoms with Gasteiger partial charge in [-0.1, -0.05) is 5.16 Å². The van der Waals surface area contributed by atoms with E-state index < -0.39 is 6.04 Å². The number of aromatic nitrogens is 2. The zero-order chi connectivity index (χ0) is 12.0. The number of amides is 1. The third-order valence-electron chi connectivity index (χ3n) is 1.88. The van der Waals surface area contributed by atoms with E-state index in [1.165, 1.54) is 0 Å². The topological polar surface area (TPSA) is 94.0 Å². The van der Waals surface area contributed by atoms with E-state index >= 15 is 0 Å². The van der Waals surface area contributed by atoms with E-state index in [1.807, 2.05) is 0 Å². The number of carbonyl (C=O) groups is 1. The second-order valence-electron chi connectivity index (χ2n) is 3.29. The van der Waals surface area contributed by atoms with Gasteiger partial charge in [0.15, 0.2) is 5.82 Å². The van der Waals surface area contributed by atoms with Crippen molar-refractivity contribution >= 4 is 5.91 Å². The smallest absolute Gasteiger partial charge is 0.237 e. The number of hydrogen-bond acceptors (Lipinski definition) is 5. The molecule has 1 heterocycles. The standard InChI is InChI=1S/C10H14N4O2/c1-3-4-8(11)10(15)12-6-5-9-13-7(2)14-16-9/h1,8H,4-6,11H2,2H3,(H,12,15). The maximum Gasteiger partial charge on any atom is 0.237 e. The Kier molecular flexibility index (Phi) is 4.48. The second kappa shape index (κ2) is 5.88. The number of nitrogens with one attached hydrogen (secondary N) is 1. The van der Waals surface area contributed by atoms with Gasteiger partial charge in [0.1, 0.15) is 0 Å². The van der Waals surface area contributed by atoms with Gasteiger partial charge in [-0.05, 0) is 6.92 Å². The molecule has 1 unspecified atom stereocenters. The van der Waals surface area contributed by atoms with Gasteiger partial charge in [0.05, 0.1) is 6.04 Å². The van der Waals surface area contributed by atoms with Crippen LogP contribution >= 0.6 is 0 Å². The monoisotopic (exact) mass is 222 g/mol. The molecule has 0 aliphatic carbocycles. The fraction of sp³-hybridized carbons (Fsp3) is 0.500. The molecule has 1 amide bonds. The average molecular weight is 222 g/mol. The lowest BCUT2D eigenvalue weighted by molar-refractivity contribution is -0.122. The van der Waals surface area contributed by atoms with E-state index in [1.54, 1.807) is 6.92 Å². The zero-order valence-corrected chi connectivity index (χ0v) is 9.06. The molecule has 0 saturated heterocycles. The largest absolute Gasteiger partial charge is 0.354 e. The third-order valence-corrected chi connectivity index (χ3v) is 1.88. The minimum Gasteiger partial charge on any atom is -0.354 e. The van der Waals surface area contributed by atoms with Gasteiger partial charge in [-0.15, -0.1) is 12.3 Å². The molecule has 86 valence electrons. The quantitative estimate of drug-likeness (QED) is 0.648. The molecule has 3 N–H and O–H groups in total. The lowest BCUT2D eigenvalue weighted by atomic mass is 10.2. The van der Waals surface area contributed by atoms with Crippen LogP contribution in [0.25, 0.3) is 0 Å². The molecule has 0 saturated carbocycles. The lowest BCUT2D eigenvalue weighted by Crippen LogP contribution is -2.41. The van der Waals surface area contributed by atoms with Crippen molar-refractivity contribution in [1.29, 1.82) is 0 Å². The van der Waals surface area contributed by atoms with Gasteiger partial charge in [0.25, 0.3) is 0 Å². The van der Waals surface area contributed by atoms with Crippen molar-refractivity contribution in [2.75, 3.05) is 6.54 Å². The molecule has 0 aliphatic rings.